The maximum atomic E-state index is 3.62. The molecule has 0 bridgehead atoms. The summed E-state index contributed by atoms with van der Waals surface area (Å²) in [5.41, 5.74) is 11.8. The van der Waals surface area contributed by atoms with Gasteiger partial charge in [0.25, 0.3) is 0 Å². The van der Waals surface area contributed by atoms with Crippen molar-refractivity contribution < 1.29 is 0 Å². The smallest absolute Gasteiger partial charge is 0.0463 e. The van der Waals surface area contributed by atoms with Crippen LogP contribution in [0.1, 0.15) is 0 Å². The Bertz CT molecular complexity index is 1550. The monoisotopic (exact) mass is 473 g/mol. The van der Waals surface area contributed by atoms with E-state index in [0.717, 1.165) is 11.4 Å². The van der Waals surface area contributed by atoms with Gasteiger partial charge in [-0.2, -0.15) is 0 Å². The highest BCUT2D eigenvalue weighted by molar-refractivity contribution is 5.83. The van der Waals surface area contributed by atoms with Crippen LogP contribution in [0.15, 0.2) is 158 Å². The van der Waals surface area contributed by atoms with E-state index in [1.165, 1.54) is 44.5 Å². The van der Waals surface area contributed by atoms with E-state index >= 15 is 0 Å². The van der Waals surface area contributed by atoms with Crippen molar-refractivity contribution in [3.63, 3.8) is 0 Å². The lowest BCUT2D eigenvalue weighted by atomic mass is 9.93. The largest absolute Gasteiger partial charge is 0.355 e. The van der Waals surface area contributed by atoms with Gasteiger partial charge < -0.3 is 5.32 Å². The van der Waals surface area contributed by atoms with Crippen LogP contribution in [0.4, 0.5) is 11.4 Å². The molecule has 0 aliphatic rings. The summed E-state index contributed by atoms with van der Waals surface area (Å²) in [4.78, 5) is 0. The maximum absolute atomic E-state index is 3.62. The molecule has 0 saturated carbocycles. The lowest BCUT2D eigenvalue weighted by molar-refractivity contribution is 1.52. The molecule has 6 rings (SSSR count). The fourth-order valence-corrected chi connectivity index (χ4v) is 4.75. The minimum absolute atomic E-state index is 1.06. The zero-order chi connectivity index (χ0) is 24.9. The predicted octanol–water partition coefficient (Wildman–Crippen LogP) is 10.1. The van der Waals surface area contributed by atoms with Crippen molar-refractivity contribution in [2.45, 2.75) is 0 Å². The molecular weight excluding hydrogens is 446 g/mol. The highest BCUT2D eigenvalue weighted by Crippen LogP contribution is 2.34. The minimum atomic E-state index is 1.06. The van der Waals surface area contributed by atoms with Gasteiger partial charge in [-0.25, -0.2) is 0 Å². The average Bonchev–Trinajstić information content (AvgIpc) is 2.99. The number of benzene rings is 6. The SMILES string of the molecule is c1ccc(-c2cc(-c3ccccc3)cc(-c3ccc(Nc4ccccc4-c4ccccc4)cc3)c2)cc1. The molecule has 0 aliphatic carbocycles. The second-order valence-corrected chi connectivity index (χ2v) is 9.15. The van der Waals surface area contributed by atoms with E-state index in [1.807, 2.05) is 6.07 Å². The van der Waals surface area contributed by atoms with Gasteiger partial charge in [-0.3, -0.25) is 0 Å². The van der Waals surface area contributed by atoms with E-state index in [1.54, 1.807) is 0 Å². The molecule has 0 unspecified atom stereocenters. The predicted molar refractivity (Wildman–Crippen MR) is 158 cm³/mol. The first-order valence-corrected chi connectivity index (χ1v) is 12.6. The Kier molecular flexibility index (Phi) is 6.34. The van der Waals surface area contributed by atoms with E-state index in [9.17, 15) is 0 Å². The number of rotatable bonds is 6. The Balaban J connectivity index is 1.34. The molecule has 0 spiro atoms. The number of hydrogen-bond donors (Lipinski definition) is 1. The summed E-state index contributed by atoms with van der Waals surface area (Å²) >= 11 is 0. The topological polar surface area (TPSA) is 12.0 Å². The van der Waals surface area contributed by atoms with Gasteiger partial charge in [0, 0.05) is 16.9 Å². The molecule has 6 aromatic rings. The molecular formula is C36H27N. The third-order valence-corrected chi connectivity index (χ3v) is 6.66. The second kappa shape index (κ2) is 10.4. The molecule has 6 aromatic carbocycles. The van der Waals surface area contributed by atoms with Crippen LogP contribution >= 0.6 is 0 Å². The Hall–Kier alpha value is -4.88. The second-order valence-electron chi connectivity index (χ2n) is 9.15. The minimum Gasteiger partial charge on any atom is -0.355 e. The molecule has 0 radical (unpaired) electrons. The quantitative estimate of drug-likeness (QED) is 0.254. The van der Waals surface area contributed by atoms with Crippen LogP contribution in [0.25, 0.3) is 44.5 Å². The Morgan fingerprint density at radius 2 is 0.703 bits per heavy atom. The lowest BCUT2D eigenvalue weighted by Crippen LogP contribution is -1.93. The first kappa shape index (κ1) is 22.6. The molecule has 0 atom stereocenters. The average molecular weight is 474 g/mol. The van der Waals surface area contributed by atoms with Gasteiger partial charge in [0.2, 0.25) is 0 Å². The van der Waals surface area contributed by atoms with Gasteiger partial charge >= 0.3 is 0 Å². The van der Waals surface area contributed by atoms with Gasteiger partial charge in [0.05, 0.1) is 0 Å². The van der Waals surface area contributed by atoms with Crippen LogP contribution in [0.2, 0.25) is 0 Å². The van der Waals surface area contributed by atoms with Gasteiger partial charge in [-0.15, -0.1) is 0 Å². The first-order chi connectivity index (χ1) is 18.3. The molecule has 1 heteroatoms. The van der Waals surface area contributed by atoms with Crippen molar-refractivity contribution in [1.29, 1.82) is 0 Å². The molecule has 0 aromatic heterocycles. The maximum Gasteiger partial charge on any atom is 0.0463 e. The first-order valence-electron chi connectivity index (χ1n) is 12.6. The third kappa shape index (κ3) is 5.07. The highest BCUT2D eigenvalue weighted by atomic mass is 14.9. The number of hydrogen-bond acceptors (Lipinski definition) is 1. The summed E-state index contributed by atoms with van der Waals surface area (Å²) in [5.74, 6) is 0. The lowest BCUT2D eigenvalue weighted by Gasteiger charge is -2.14. The highest BCUT2D eigenvalue weighted by Gasteiger charge is 2.09. The van der Waals surface area contributed by atoms with Gasteiger partial charge in [0.15, 0.2) is 0 Å². The zero-order valence-corrected chi connectivity index (χ0v) is 20.5. The van der Waals surface area contributed by atoms with E-state index in [2.05, 4.69) is 157 Å². The van der Waals surface area contributed by atoms with Crippen LogP contribution in [0.3, 0.4) is 0 Å². The third-order valence-electron chi connectivity index (χ3n) is 6.66. The van der Waals surface area contributed by atoms with Crippen molar-refractivity contribution >= 4 is 11.4 Å². The van der Waals surface area contributed by atoms with Gasteiger partial charge in [0.1, 0.15) is 0 Å². The molecule has 176 valence electrons. The molecule has 0 fully saturated rings. The fraction of sp³-hybridized carbons (Fsp3) is 0. The Labute approximate surface area is 218 Å². The number of para-hydroxylation sites is 1. The van der Waals surface area contributed by atoms with Crippen LogP contribution in [0.5, 0.6) is 0 Å². The molecule has 0 saturated heterocycles. The summed E-state index contributed by atoms with van der Waals surface area (Å²) in [7, 11) is 0. The van der Waals surface area contributed by atoms with Gasteiger partial charge in [-0.05, 0) is 75.3 Å². The summed E-state index contributed by atoms with van der Waals surface area (Å²) in [6, 6.07) is 55.7. The Morgan fingerprint density at radius 3 is 1.22 bits per heavy atom. The van der Waals surface area contributed by atoms with Crippen molar-refractivity contribution in [2.75, 3.05) is 5.32 Å². The summed E-state index contributed by atoms with van der Waals surface area (Å²) in [6.45, 7) is 0. The molecule has 0 aliphatic heterocycles. The van der Waals surface area contributed by atoms with E-state index in [0.29, 0.717) is 0 Å². The van der Waals surface area contributed by atoms with Gasteiger partial charge in [-0.1, -0.05) is 121 Å². The van der Waals surface area contributed by atoms with Crippen LogP contribution in [-0.2, 0) is 0 Å². The summed E-state index contributed by atoms with van der Waals surface area (Å²) in [5, 5.41) is 3.62. The van der Waals surface area contributed by atoms with E-state index < -0.39 is 0 Å². The molecule has 37 heavy (non-hydrogen) atoms. The Morgan fingerprint density at radius 1 is 0.297 bits per heavy atom. The fourth-order valence-electron chi connectivity index (χ4n) is 4.75. The summed E-state index contributed by atoms with van der Waals surface area (Å²) in [6.07, 6.45) is 0. The van der Waals surface area contributed by atoms with E-state index in [-0.39, 0.29) is 0 Å². The zero-order valence-electron chi connectivity index (χ0n) is 20.5. The van der Waals surface area contributed by atoms with Crippen LogP contribution in [-0.4, -0.2) is 0 Å². The molecule has 0 heterocycles. The molecule has 1 N–H and O–H groups in total. The van der Waals surface area contributed by atoms with E-state index in [4.69, 9.17) is 0 Å². The summed E-state index contributed by atoms with van der Waals surface area (Å²) < 4.78 is 0. The van der Waals surface area contributed by atoms with Crippen molar-refractivity contribution in [3.05, 3.63) is 158 Å². The van der Waals surface area contributed by atoms with Crippen LogP contribution in [0, 0.1) is 0 Å². The molecule has 0 amide bonds. The number of nitrogens with one attached hydrogen (secondary N) is 1. The normalized spacial score (nSPS) is 10.7. The standard InChI is InChI=1S/C36H27N/c1-4-12-27(13-5-1)31-24-32(28-14-6-2-7-15-28)26-33(25-31)29-20-22-34(23-21-29)37-36-19-11-10-18-35(36)30-16-8-3-9-17-30/h1-26,37H. The van der Waals surface area contributed by atoms with Crippen molar-refractivity contribution in [1.82, 2.24) is 0 Å². The van der Waals surface area contributed by atoms with Crippen molar-refractivity contribution in [3.8, 4) is 44.5 Å². The van der Waals surface area contributed by atoms with Crippen LogP contribution < -0.4 is 5.32 Å². The molecule has 1 nitrogen and oxygen atoms in total. The number of anilines is 2. The van der Waals surface area contributed by atoms with Crippen molar-refractivity contribution in [2.24, 2.45) is 0 Å².